The number of phenols is 2. The van der Waals surface area contributed by atoms with Crippen molar-refractivity contribution in [3.05, 3.63) is 88.2 Å². The van der Waals surface area contributed by atoms with E-state index in [2.05, 4.69) is 6.58 Å². The molecule has 7 nitrogen and oxygen atoms in total. The molecule has 1 atom stereocenters. The number of allylic oxidation sites excluding steroid dienone is 4. The van der Waals surface area contributed by atoms with Gasteiger partial charge in [-0.25, -0.2) is 0 Å². The normalized spacial score (nSPS) is 17.7. The number of aromatic hydroxyl groups is 2. The van der Waals surface area contributed by atoms with Crippen molar-refractivity contribution < 1.29 is 34.4 Å². The summed E-state index contributed by atoms with van der Waals surface area (Å²) in [6.07, 6.45) is 2.01. The number of rotatable bonds is 7. The van der Waals surface area contributed by atoms with E-state index >= 15 is 0 Å². The van der Waals surface area contributed by atoms with Gasteiger partial charge >= 0.3 is 0 Å². The number of hydrogen-bond acceptors (Lipinski definition) is 7. The topological polar surface area (TPSA) is 113 Å². The number of hydrogen-bond donors (Lipinski definition) is 3. The lowest BCUT2D eigenvalue weighted by Gasteiger charge is -2.34. The quantitative estimate of drug-likeness (QED) is 0.397. The lowest BCUT2D eigenvalue weighted by atomic mass is 9.69. The molecule has 2 aromatic rings. The average molecular weight is 489 g/mol. The molecule has 0 saturated heterocycles. The van der Waals surface area contributed by atoms with Gasteiger partial charge in [0, 0.05) is 22.6 Å². The maximum atomic E-state index is 14.0. The first-order chi connectivity index (χ1) is 17.2. The second-order valence-electron chi connectivity index (χ2n) is 8.96. The number of aliphatic hydroxyl groups is 1. The Labute approximate surface area is 209 Å². The van der Waals surface area contributed by atoms with Crippen LogP contribution in [-0.2, 0) is 20.7 Å². The van der Waals surface area contributed by atoms with Gasteiger partial charge in [-0.2, -0.15) is 0 Å². The molecule has 0 saturated carbocycles. The van der Waals surface area contributed by atoms with E-state index in [4.69, 9.17) is 9.47 Å². The van der Waals surface area contributed by atoms with E-state index < -0.39 is 11.7 Å². The van der Waals surface area contributed by atoms with Gasteiger partial charge in [0.25, 0.3) is 0 Å². The van der Waals surface area contributed by atoms with Gasteiger partial charge in [-0.1, -0.05) is 24.3 Å². The van der Waals surface area contributed by atoms with Crippen LogP contribution in [0.3, 0.4) is 0 Å². The van der Waals surface area contributed by atoms with Crippen LogP contribution in [0.15, 0.2) is 71.5 Å². The molecule has 36 heavy (non-hydrogen) atoms. The number of carbonyl (C=O) groups is 2. The highest BCUT2D eigenvalue weighted by Gasteiger charge is 2.44. The molecule has 1 unspecified atom stereocenters. The van der Waals surface area contributed by atoms with Crippen LogP contribution in [0.25, 0.3) is 11.1 Å². The number of methoxy groups -OCH3 is 1. The predicted octanol–water partition coefficient (Wildman–Crippen LogP) is 4.13. The van der Waals surface area contributed by atoms with Gasteiger partial charge in [-0.05, 0) is 67.3 Å². The van der Waals surface area contributed by atoms with Gasteiger partial charge < -0.3 is 24.8 Å². The Kier molecular flexibility index (Phi) is 6.86. The van der Waals surface area contributed by atoms with Gasteiger partial charge in [0.1, 0.15) is 12.4 Å². The van der Waals surface area contributed by atoms with E-state index in [0.717, 1.165) is 0 Å². The SMILES string of the molecule is C=C(C)C1Cc2c(ccc(O)c2OC/C=C(\C)CO)C2=C1C(=O)C(c1ccc(O)cc1)=C(OC)C2=O. The summed E-state index contributed by atoms with van der Waals surface area (Å²) in [5.74, 6) is -1.20. The van der Waals surface area contributed by atoms with Crippen molar-refractivity contribution in [2.75, 3.05) is 20.3 Å². The monoisotopic (exact) mass is 488 g/mol. The maximum absolute atomic E-state index is 14.0. The van der Waals surface area contributed by atoms with Crippen molar-refractivity contribution in [3.63, 3.8) is 0 Å². The van der Waals surface area contributed by atoms with Crippen LogP contribution in [0, 0.1) is 5.92 Å². The predicted molar refractivity (Wildman–Crippen MR) is 135 cm³/mol. The number of fused-ring (bicyclic) bond motifs is 2. The minimum atomic E-state index is -0.492. The number of aliphatic hydroxyl groups excluding tert-OH is 1. The molecule has 2 aromatic carbocycles. The molecular weight excluding hydrogens is 460 g/mol. The summed E-state index contributed by atoms with van der Waals surface area (Å²) in [5.41, 5.74) is 3.63. The third-order valence-electron chi connectivity index (χ3n) is 6.53. The van der Waals surface area contributed by atoms with E-state index in [1.807, 2.05) is 0 Å². The summed E-state index contributed by atoms with van der Waals surface area (Å²) in [5, 5.41) is 29.5. The minimum Gasteiger partial charge on any atom is -0.508 e. The number of Topliss-reactive ketones (excluding diaryl/α,β-unsaturated/α-hetero) is 2. The largest absolute Gasteiger partial charge is 0.508 e. The Balaban J connectivity index is 1.90. The summed E-state index contributed by atoms with van der Waals surface area (Å²) in [6.45, 7) is 7.64. The summed E-state index contributed by atoms with van der Waals surface area (Å²) < 4.78 is 11.3. The number of ether oxygens (including phenoxy) is 2. The van der Waals surface area contributed by atoms with Crippen LogP contribution in [0.1, 0.15) is 30.5 Å². The highest BCUT2D eigenvalue weighted by atomic mass is 16.5. The van der Waals surface area contributed by atoms with Crippen molar-refractivity contribution in [2.45, 2.75) is 20.3 Å². The highest BCUT2D eigenvalue weighted by molar-refractivity contribution is 6.48. The standard InChI is InChI=1S/C29H28O7/c1-15(2)20-13-21-19(9-10-22(32)28(21)36-12-11-16(3)14-30)24-25(20)26(33)23(29(35-4)27(24)34)17-5-7-18(31)8-6-17/h5-11,20,30-32H,1,12-14H2,2-4H3/b16-11+. The lowest BCUT2D eigenvalue weighted by molar-refractivity contribution is -0.116. The summed E-state index contributed by atoms with van der Waals surface area (Å²) in [7, 11) is 1.34. The zero-order valence-electron chi connectivity index (χ0n) is 20.4. The molecule has 0 radical (unpaired) electrons. The van der Waals surface area contributed by atoms with E-state index in [9.17, 15) is 24.9 Å². The fourth-order valence-electron chi connectivity index (χ4n) is 4.66. The van der Waals surface area contributed by atoms with Crippen LogP contribution in [0.2, 0.25) is 0 Å². The molecule has 3 N–H and O–H groups in total. The molecule has 4 rings (SSSR count). The molecule has 0 aliphatic heterocycles. The molecule has 0 spiro atoms. The van der Waals surface area contributed by atoms with Crippen molar-refractivity contribution in [2.24, 2.45) is 5.92 Å². The zero-order chi connectivity index (χ0) is 26.1. The van der Waals surface area contributed by atoms with Crippen LogP contribution in [-0.4, -0.2) is 47.2 Å². The highest BCUT2D eigenvalue weighted by Crippen LogP contribution is 2.49. The van der Waals surface area contributed by atoms with Gasteiger partial charge in [0.05, 0.1) is 19.3 Å². The van der Waals surface area contributed by atoms with Gasteiger partial charge in [-0.15, -0.1) is 0 Å². The van der Waals surface area contributed by atoms with Crippen molar-refractivity contribution >= 4 is 22.7 Å². The second-order valence-corrected chi connectivity index (χ2v) is 8.96. The molecule has 186 valence electrons. The van der Waals surface area contributed by atoms with Gasteiger partial charge in [-0.3, -0.25) is 9.59 Å². The Hall–Kier alpha value is -4.10. The van der Waals surface area contributed by atoms with E-state index in [-0.39, 0.29) is 53.2 Å². The minimum absolute atomic E-state index is 0.0376. The molecule has 7 heteroatoms. The van der Waals surface area contributed by atoms with Crippen LogP contribution in [0.4, 0.5) is 0 Å². The number of ketones is 2. The number of phenolic OH excluding ortho intramolecular Hbond substituents is 2. The lowest BCUT2D eigenvalue weighted by Crippen LogP contribution is -2.32. The van der Waals surface area contributed by atoms with Crippen LogP contribution < -0.4 is 4.74 Å². The van der Waals surface area contributed by atoms with E-state index in [1.54, 1.807) is 38.1 Å². The first-order valence-corrected chi connectivity index (χ1v) is 11.5. The fraction of sp³-hybridized carbons (Fsp3) is 0.241. The first kappa shape index (κ1) is 25.0. The molecule has 0 aromatic heterocycles. The summed E-state index contributed by atoms with van der Waals surface area (Å²) in [4.78, 5) is 27.8. The second kappa shape index (κ2) is 9.87. The summed E-state index contributed by atoms with van der Waals surface area (Å²) in [6, 6.07) is 9.08. The Bertz CT molecular complexity index is 1360. The molecule has 0 heterocycles. The third kappa shape index (κ3) is 4.22. The van der Waals surface area contributed by atoms with Crippen molar-refractivity contribution in [1.82, 2.24) is 0 Å². The smallest absolute Gasteiger partial charge is 0.229 e. The van der Waals surface area contributed by atoms with Crippen LogP contribution >= 0.6 is 0 Å². The van der Waals surface area contributed by atoms with Gasteiger partial charge in [0.2, 0.25) is 5.78 Å². The molecule has 0 fully saturated rings. The number of carbonyl (C=O) groups excluding carboxylic acids is 2. The molecular formula is C29H28O7. The first-order valence-electron chi connectivity index (χ1n) is 11.5. The third-order valence-corrected chi connectivity index (χ3v) is 6.53. The molecule has 2 aliphatic carbocycles. The Morgan fingerprint density at radius 3 is 2.36 bits per heavy atom. The molecule has 0 amide bonds. The zero-order valence-corrected chi connectivity index (χ0v) is 20.4. The average Bonchev–Trinajstić information content (AvgIpc) is 2.86. The molecule has 2 aliphatic rings. The van der Waals surface area contributed by atoms with E-state index in [1.165, 1.54) is 25.3 Å². The number of benzene rings is 2. The van der Waals surface area contributed by atoms with Crippen LogP contribution in [0.5, 0.6) is 17.2 Å². The summed E-state index contributed by atoms with van der Waals surface area (Å²) >= 11 is 0. The molecule has 0 bridgehead atoms. The Morgan fingerprint density at radius 1 is 1.06 bits per heavy atom. The van der Waals surface area contributed by atoms with Gasteiger partial charge in [0.15, 0.2) is 23.0 Å². The fourth-order valence-corrected chi connectivity index (χ4v) is 4.66. The Morgan fingerprint density at radius 2 is 1.75 bits per heavy atom. The van der Waals surface area contributed by atoms with Crippen molar-refractivity contribution in [3.8, 4) is 17.2 Å². The maximum Gasteiger partial charge on any atom is 0.229 e. The van der Waals surface area contributed by atoms with Crippen molar-refractivity contribution in [1.29, 1.82) is 0 Å². The van der Waals surface area contributed by atoms with E-state index in [0.29, 0.717) is 39.8 Å².